The Kier molecular flexibility index (Phi) is 4.11. The van der Waals surface area contributed by atoms with E-state index in [0.717, 1.165) is 6.42 Å². The van der Waals surface area contributed by atoms with Crippen LogP contribution in [0.3, 0.4) is 0 Å². The van der Waals surface area contributed by atoms with Gasteiger partial charge in [-0.25, -0.2) is 4.39 Å². The molecular weight excluding hydrogens is 245 g/mol. The third-order valence-electron chi connectivity index (χ3n) is 4.26. The van der Waals surface area contributed by atoms with Crippen molar-refractivity contribution in [2.24, 2.45) is 5.41 Å². The fraction of sp³-hybridized carbons (Fsp3) is 0.600. The topological polar surface area (TPSA) is 30.5 Å². The molecule has 19 heavy (non-hydrogen) atoms. The first-order chi connectivity index (χ1) is 9.00. The van der Waals surface area contributed by atoms with Crippen LogP contribution in [0, 0.1) is 11.2 Å². The predicted octanol–water partition coefficient (Wildman–Crippen LogP) is 2.74. The Balaban J connectivity index is 1.97. The number of methoxy groups -OCH3 is 2. The highest BCUT2D eigenvalue weighted by Crippen LogP contribution is 2.42. The van der Waals surface area contributed by atoms with Gasteiger partial charge in [0, 0.05) is 30.7 Å². The van der Waals surface area contributed by atoms with E-state index in [1.165, 1.54) is 7.11 Å². The first-order valence-corrected chi connectivity index (χ1v) is 6.58. The van der Waals surface area contributed by atoms with Crippen LogP contribution in [-0.2, 0) is 11.3 Å². The van der Waals surface area contributed by atoms with Crippen LogP contribution in [-0.4, -0.2) is 26.4 Å². The molecule has 1 aliphatic rings. The van der Waals surface area contributed by atoms with E-state index < -0.39 is 0 Å². The van der Waals surface area contributed by atoms with Crippen LogP contribution >= 0.6 is 0 Å². The first-order valence-electron chi connectivity index (χ1n) is 6.58. The van der Waals surface area contributed by atoms with Gasteiger partial charge in [0.2, 0.25) is 0 Å². The molecule has 0 aliphatic heterocycles. The molecule has 0 saturated heterocycles. The van der Waals surface area contributed by atoms with Crippen molar-refractivity contribution in [2.75, 3.05) is 14.2 Å². The highest BCUT2D eigenvalue weighted by molar-refractivity contribution is 5.31. The molecule has 0 spiro atoms. The largest absolute Gasteiger partial charge is 0.494 e. The van der Waals surface area contributed by atoms with Gasteiger partial charge in [-0.1, -0.05) is 26.0 Å². The molecule has 0 bridgehead atoms. The van der Waals surface area contributed by atoms with Crippen LogP contribution < -0.4 is 10.1 Å². The van der Waals surface area contributed by atoms with Crippen molar-refractivity contribution in [1.82, 2.24) is 5.32 Å². The number of nitrogens with one attached hydrogen (secondary N) is 1. The molecule has 3 nitrogen and oxygen atoms in total. The quantitative estimate of drug-likeness (QED) is 0.890. The molecular formula is C15H22FNO2. The number of rotatable bonds is 5. The van der Waals surface area contributed by atoms with Gasteiger partial charge in [-0.2, -0.15) is 0 Å². The van der Waals surface area contributed by atoms with Crippen LogP contribution in [0.15, 0.2) is 18.2 Å². The maximum atomic E-state index is 14.0. The Bertz CT molecular complexity index is 448. The lowest BCUT2D eigenvalue weighted by molar-refractivity contribution is -0.0979. The standard InChI is InChI=1S/C15H22FNO2/c1-15(2)12(8-13(15)19-4)17-9-10-6-5-7-11(18-3)14(10)16/h5-7,12-13,17H,8-9H2,1-4H3. The maximum Gasteiger partial charge on any atom is 0.169 e. The van der Waals surface area contributed by atoms with E-state index in [1.54, 1.807) is 19.2 Å². The molecule has 2 rings (SSSR count). The van der Waals surface area contributed by atoms with Gasteiger partial charge in [0.25, 0.3) is 0 Å². The van der Waals surface area contributed by atoms with E-state index in [4.69, 9.17) is 9.47 Å². The lowest BCUT2D eigenvalue weighted by Gasteiger charge is -2.51. The molecule has 0 radical (unpaired) electrons. The zero-order valence-corrected chi connectivity index (χ0v) is 12.0. The minimum absolute atomic E-state index is 0.0874. The normalized spacial score (nSPS) is 24.9. The second-order valence-corrected chi connectivity index (χ2v) is 5.65. The third-order valence-corrected chi connectivity index (χ3v) is 4.26. The van der Waals surface area contributed by atoms with E-state index in [0.29, 0.717) is 23.9 Å². The van der Waals surface area contributed by atoms with Crippen LogP contribution in [0.1, 0.15) is 25.8 Å². The summed E-state index contributed by atoms with van der Waals surface area (Å²) in [6, 6.07) is 5.57. The minimum atomic E-state index is -0.280. The van der Waals surface area contributed by atoms with E-state index >= 15 is 0 Å². The van der Waals surface area contributed by atoms with Gasteiger partial charge in [0.1, 0.15) is 0 Å². The van der Waals surface area contributed by atoms with Crippen molar-refractivity contribution >= 4 is 0 Å². The lowest BCUT2D eigenvalue weighted by atomic mass is 9.64. The second kappa shape index (κ2) is 5.47. The van der Waals surface area contributed by atoms with Crippen molar-refractivity contribution in [3.8, 4) is 5.75 Å². The van der Waals surface area contributed by atoms with E-state index in [9.17, 15) is 4.39 Å². The molecule has 106 valence electrons. The summed E-state index contributed by atoms with van der Waals surface area (Å²) in [6.45, 7) is 4.85. The molecule has 1 aromatic rings. The molecule has 2 atom stereocenters. The van der Waals surface area contributed by atoms with Crippen molar-refractivity contribution in [1.29, 1.82) is 0 Å². The molecule has 1 aliphatic carbocycles. The van der Waals surface area contributed by atoms with Crippen molar-refractivity contribution in [2.45, 2.75) is 39.0 Å². The number of benzene rings is 1. The van der Waals surface area contributed by atoms with E-state index in [1.807, 2.05) is 6.07 Å². The first kappa shape index (κ1) is 14.3. The van der Waals surface area contributed by atoms with Gasteiger partial charge in [-0.3, -0.25) is 0 Å². The van der Waals surface area contributed by atoms with E-state index in [2.05, 4.69) is 19.2 Å². The van der Waals surface area contributed by atoms with Gasteiger partial charge in [-0.05, 0) is 12.5 Å². The summed E-state index contributed by atoms with van der Waals surface area (Å²) in [5, 5.41) is 3.41. The van der Waals surface area contributed by atoms with Gasteiger partial charge in [-0.15, -0.1) is 0 Å². The van der Waals surface area contributed by atoms with Gasteiger partial charge >= 0.3 is 0 Å². The predicted molar refractivity (Wildman–Crippen MR) is 72.8 cm³/mol. The molecule has 0 amide bonds. The Labute approximate surface area is 114 Å². The second-order valence-electron chi connectivity index (χ2n) is 5.65. The molecule has 1 saturated carbocycles. The average Bonchev–Trinajstić information content (AvgIpc) is 2.39. The molecule has 0 heterocycles. The summed E-state index contributed by atoms with van der Waals surface area (Å²) >= 11 is 0. The fourth-order valence-corrected chi connectivity index (χ4v) is 2.72. The molecule has 1 aromatic carbocycles. The smallest absolute Gasteiger partial charge is 0.169 e. The highest BCUT2D eigenvalue weighted by Gasteiger charge is 2.48. The monoisotopic (exact) mass is 267 g/mol. The van der Waals surface area contributed by atoms with Crippen LogP contribution in [0.4, 0.5) is 4.39 Å². The van der Waals surface area contributed by atoms with E-state index in [-0.39, 0.29) is 17.3 Å². The number of halogens is 1. The summed E-state index contributed by atoms with van der Waals surface area (Å²) in [6.07, 6.45) is 1.25. The molecule has 2 unspecified atom stereocenters. The SMILES string of the molecule is COc1cccc(CNC2CC(OC)C2(C)C)c1F. The van der Waals surface area contributed by atoms with Gasteiger partial charge < -0.3 is 14.8 Å². The number of hydrogen-bond acceptors (Lipinski definition) is 3. The van der Waals surface area contributed by atoms with Crippen molar-refractivity contribution in [3.63, 3.8) is 0 Å². The van der Waals surface area contributed by atoms with Gasteiger partial charge in [0.15, 0.2) is 11.6 Å². The van der Waals surface area contributed by atoms with Crippen molar-refractivity contribution < 1.29 is 13.9 Å². The molecule has 1 fully saturated rings. The zero-order valence-electron chi connectivity index (χ0n) is 12.0. The third kappa shape index (κ3) is 2.60. The Morgan fingerprint density at radius 3 is 2.68 bits per heavy atom. The molecule has 1 N–H and O–H groups in total. The fourth-order valence-electron chi connectivity index (χ4n) is 2.72. The van der Waals surface area contributed by atoms with Crippen LogP contribution in [0.25, 0.3) is 0 Å². The Morgan fingerprint density at radius 1 is 1.37 bits per heavy atom. The summed E-state index contributed by atoms with van der Waals surface area (Å²) in [5.74, 6) is 0.0138. The summed E-state index contributed by atoms with van der Waals surface area (Å²) in [5.41, 5.74) is 0.723. The lowest BCUT2D eigenvalue weighted by Crippen LogP contribution is -2.60. The minimum Gasteiger partial charge on any atom is -0.494 e. The zero-order chi connectivity index (χ0) is 14.0. The highest BCUT2D eigenvalue weighted by atomic mass is 19.1. The summed E-state index contributed by atoms with van der Waals surface area (Å²) in [4.78, 5) is 0. The van der Waals surface area contributed by atoms with Crippen molar-refractivity contribution in [3.05, 3.63) is 29.6 Å². The molecule has 4 heteroatoms. The summed E-state index contributed by atoms with van der Waals surface area (Å²) in [7, 11) is 3.22. The summed E-state index contributed by atoms with van der Waals surface area (Å²) < 4.78 is 24.4. The molecule has 0 aromatic heterocycles. The van der Waals surface area contributed by atoms with Crippen LogP contribution in [0.2, 0.25) is 0 Å². The Morgan fingerprint density at radius 2 is 2.11 bits per heavy atom. The maximum absolute atomic E-state index is 14.0. The Hall–Kier alpha value is -1.13. The number of hydrogen-bond donors (Lipinski definition) is 1. The van der Waals surface area contributed by atoms with Gasteiger partial charge in [0.05, 0.1) is 13.2 Å². The number of ether oxygens (including phenoxy) is 2. The average molecular weight is 267 g/mol. The van der Waals surface area contributed by atoms with Crippen LogP contribution in [0.5, 0.6) is 5.75 Å².